The minimum absolute atomic E-state index is 0.0681. The van der Waals surface area contributed by atoms with Crippen molar-refractivity contribution in [1.82, 2.24) is 9.88 Å². The van der Waals surface area contributed by atoms with E-state index in [9.17, 15) is 4.79 Å². The number of rotatable bonds is 5. The van der Waals surface area contributed by atoms with E-state index in [1.54, 1.807) is 17.3 Å². The van der Waals surface area contributed by atoms with Crippen molar-refractivity contribution in [1.29, 1.82) is 0 Å². The molecule has 2 N–H and O–H groups in total. The lowest BCUT2D eigenvalue weighted by molar-refractivity contribution is -0.132. The van der Waals surface area contributed by atoms with Gasteiger partial charge in [-0.2, -0.15) is 0 Å². The van der Waals surface area contributed by atoms with Gasteiger partial charge in [-0.3, -0.25) is 9.78 Å². The zero-order valence-corrected chi connectivity index (χ0v) is 10.8. The van der Waals surface area contributed by atoms with Crippen molar-refractivity contribution in [3.63, 3.8) is 0 Å². The van der Waals surface area contributed by atoms with Gasteiger partial charge in [0.25, 0.3) is 0 Å². The number of carbonyl (C=O) groups excluding carboxylic acids is 1. The van der Waals surface area contributed by atoms with Gasteiger partial charge < -0.3 is 10.6 Å². The third-order valence-electron chi connectivity index (χ3n) is 2.98. The molecule has 4 heteroatoms. The number of amides is 1. The van der Waals surface area contributed by atoms with Gasteiger partial charge in [0, 0.05) is 31.9 Å². The van der Waals surface area contributed by atoms with E-state index < -0.39 is 0 Å². The second-order valence-electron chi connectivity index (χ2n) is 4.48. The first kappa shape index (κ1) is 13.6. The zero-order valence-electron chi connectivity index (χ0n) is 10.8. The number of carbonyl (C=O) groups is 1. The van der Waals surface area contributed by atoms with Crippen LogP contribution in [0.1, 0.15) is 38.3 Å². The molecule has 0 fully saturated rings. The maximum absolute atomic E-state index is 11.9. The highest BCUT2D eigenvalue weighted by Crippen LogP contribution is 2.18. The predicted octanol–water partition coefficient (Wildman–Crippen LogP) is 1.73. The molecule has 0 aliphatic rings. The maximum Gasteiger partial charge on any atom is 0.222 e. The summed E-state index contributed by atoms with van der Waals surface area (Å²) in [5, 5.41) is 0. The van der Waals surface area contributed by atoms with Gasteiger partial charge >= 0.3 is 0 Å². The summed E-state index contributed by atoms with van der Waals surface area (Å²) < 4.78 is 0. The highest BCUT2D eigenvalue weighted by Gasteiger charge is 2.17. The molecule has 1 rings (SSSR count). The van der Waals surface area contributed by atoms with Crippen molar-refractivity contribution < 1.29 is 4.79 Å². The first-order valence-electron chi connectivity index (χ1n) is 5.93. The lowest BCUT2D eigenvalue weighted by atomic mass is 10.1. The van der Waals surface area contributed by atoms with Gasteiger partial charge in [-0.05, 0) is 38.0 Å². The third kappa shape index (κ3) is 4.15. The van der Waals surface area contributed by atoms with Crippen molar-refractivity contribution >= 4 is 5.91 Å². The molecule has 4 nitrogen and oxygen atoms in total. The summed E-state index contributed by atoms with van der Waals surface area (Å²) in [6.07, 6.45) is 4.72. The summed E-state index contributed by atoms with van der Waals surface area (Å²) in [6, 6.07) is 4.00. The Morgan fingerprint density at radius 3 is 2.53 bits per heavy atom. The van der Waals surface area contributed by atoms with Crippen LogP contribution in [0.4, 0.5) is 0 Å². The molecule has 0 radical (unpaired) electrons. The first-order valence-corrected chi connectivity index (χ1v) is 5.93. The van der Waals surface area contributed by atoms with Crippen LogP contribution in [-0.2, 0) is 4.79 Å². The van der Waals surface area contributed by atoms with Gasteiger partial charge in [0.15, 0.2) is 0 Å². The van der Waals surface area contributed by atoms with E-state index in [4.69, 9.17) is 5.73 Å². The number of aromatic nitrogens is 1. The van der Waals surface area contributed by atoms with Crippen LogP contribution in [0.15, 0.2) is 24.5 Å². The second-order valence-corrected chi connectivity index (χ2v) is 4.48. The van der Waals surface area contributed by atoms with E-state index in [1.165, 1.54) is 0 Å². The standard InChI is InChI=1S/C13H21N3O/c1-10(14)4-5-13(17)16(3)11(2)12-6-8-15-9-7-12/h6-11H,4-5,14H2,1-3H3. The van der Waals surface area contributed by atoms with Crippen LogP contribution in [-0.4, -0.2) is 28.9 Å². The van der Waals surface area contributed by atoms with E-state index >= 15 is 0 Å². The third-order valence-corrected chi connectivity index (χ3v) is 2.98. The zero-order chi connectivity index (χ0) is 12.8. The normalized spacial score (nSPS) is 14.1. The number of nitrogens with zero attached hydrogens (tertiary/aromatic N) is 2. The lowest BCUT2D eigenvalue weighted by Crippen LogP contribution is -2.30. The molecule has 0 saturated heterocycles. The molecule has 2 unspecified atom stereocenters. The van der Waals surface area contributed by atoms with E-state index in [0.717, 1.165) is 12.0 Å². The fraction of sp³-hybridized carbons (Fsp3) is 0.538. The summed E-state index contributed by atoms with van der Waals surface area (Å²) in [6.45, 7) is 3.93. The Bertz CT molecular complexity index is 351. The molecule has 17 heavy (non-hydrogen) atoms. The molecule has 0 aromatic carbocycles. The minimum Gasteiger partial charge on any atom is -0.339 e. The molecule has 0 saturated carbocycles. The molecule has 1 aromatic heterocycles. The lowest BCUT2D eigenvalue weighted by Gasteiger charge is -2.25. The Morgan fingerprint density at radius 1 is 1.41 bits per heavy atom. The number of hydrogen-bond donors (Lipinski definition) is 1. The molecule has 94 valence electrons. The van der Waals surface area contributed by atoms with Crippen LogP contribution in [0.3, 0.4) is 0 Å². The van der Waals surface area contributed by atoms with Crippen molar-refractivity contribution in [3.05, 3.63) is 30.1 Å². The summed E-state index contributed by atoms with van der Waals surface area (Å²) in [5.74, 6) is 0.131. The molecule has 1 aromatic rings. The molecule has 2 atom stereocenters. The predicted molar refractivity (Wildman–Crippen MR) is 68.3 cm³/mol. The van der Waals surface area contributed by atoms with Crippen LogP contribution in [0.2, 0.25) is 0 Å². The smallest absolute Gasteiger partial charge is 0.222 e. The van der Waals surface area contributed by atoms with E-state index in [-0.39, 0.29) is 18.0 Å². The molecular weight excluding hydrogens is 214 g/mol. The van der Waals surface area contributed by atoms with Gasteiger partial charge in [-0.15, -0.1) is 0 Å². The maximum atomic E-state index is 11.9. The molecule has 0 bridgehead atoms. The van der Waals surface area contributed by atoms with Crippen LogP contribution in [0, 0.1) is 0 Å². The summed E-state index contributed by atoms with van der Waals surface area (Å²) >= 11 is 0. The Hall–Kier alpha value is -1.42. The van der Waals surface area contributed by atoms with Crippen molar-refractivity contribution in [3.8, 4) is 0 Å². The van der Waals surface area contributed by atoms with E-state index in [1.807, 2.05) is 33.0 Å². The Morgan fingerprint density at radius 2 is 2.00 bits per heavy atom. The van der Waals surface area contributed by atoms with Gasteiger partial charge in [-0.25, -0.2) is 0 Å². The van der Waals surface area contributed by atoms with Gasteiger partial charge in [-0.1, -0.05) is 0 Å². The van der Waals surface area contributed by atoms with Crippen molar-refractivity contribution in [2.24, 2.45) is 5.73 Å². The van der Waals surface area contributed by atoms with Crippen LogP contribution in [0.5, 0.6) is 0 Å². The van der Waals surface area contributed by atoms with Crippen molar-refractivity contribution in [2.45, 2.75) is 38.8 Å². The van der Waals surface area contributed by atoms with Gasteiger partial charge in [0.1, 0.15) is 0 Å². The monoisotopic (exact) mass is 235 g/mol. The largest absolute Gasteiger partial charge is 0.339 e. The fourth-order valence-corrected chi connectivity index (χ4v) is 1.61. The average molecular weight is 235 g/mol. The number of nitrogens with two attached hydrogens (primary N) is 1. The fourth-order valence-electron chi connectivity index (χ4n) is 1.61. The van der Waals surface area contributed by atoms with Crippen LogP contribution in [0.25, 0.3) is 0 Å². The molecular formula is C13H21N3O. The highest BCUT2D eigenvalue weighted by molar-refractivity contribution is 5.76. The summed E-state index contributed by atoms with van der Waals surface area (Å²) in [5.41, 5.74) is 6.74. The summed E-state index contributed by atoms with van der Waals surface area (Å²) in [7, 11) is 1.83. The highest BCUT2D eigenvalue weighted by atomic mass is 16.2. The van der Waals surface area contributed by atoms with E-state index in [2.05, 4.69) is 4.98 Å². The van der Waals surface area contributed by atoms with Gasteiger partial charge in [0.05, 0.1) is 6.04 Å². The van der Waals surface area contributed by atoms with Crippen LogP contribution < -0.4 is 5.73 Å². The molecule has 1 heterocycles. The molecule has 1 amide bonds. The van der Waals surface area contributed by atoms with Gasteiger partial charge in [0.2, 0.25) is 5.91 Å². The Labute approximate surface area is 103 Å². The molecule has 0 spiro atoms. The number of pyridine rings is 1. The molecule has 0 aliphatic heterocycles. The quantitative estimate of drug-likeness (QED) is 0.845. The SMILES string of the molecule is CC(N)CCC(=O)N(C)C(C)c1ccncc1. The average Bonchev–Trinajstić information content (AvgIpc) is 2.35. The van der Waals surface area contributed by atoms with E-state index in [0.29, 0.717) is 6.42 Å². The van der Waals surface area contributed by atoms with Crippen molar-refractivity contribution in [2.75, 3.05) is 7.05 Å². The topological polar surface area (TPSA) is 59.2 Å². The van der Waals surface area contributed by atoms with Crippen LogP contribution >= 0.6 is 0 Å². The minimum atomic E-state index is 0.0681. The summed E-state index contributed by atoms with van der Waals surface area (Å²) in [4.78, 5) is 17.7. The number of hydrogen-bond acceptors (Lipinski definition) is 3. The Kier molecular flexibility index (Phi) is 5.10. The Balaban J connectivity index is 2.57. The molecule has 0 aliphatic carbocycles. The second kappa shape index (κ2) is 6.35. The first-order chi connectivity index (χ1) is 8.02.